The molecule has 1 aromatic rings. The maximum Gasteiger partial charge on any atom is 0.141 e. The molecule has 4 heteroatoms. The van der Waals surface area contributed by atoms with E-state index in [1.54, 1.807) is 17.8 Å². The maximum atomic E-state index is 12.4. The van der Waals surface area contributed by atoms with E-state index in [1.165, 1.54) is 12.3 Å². The Bertz CT molecular complexity index is 237. The highest BCUT2D eigenvalue weighted by Gasteiger charge is 2.02. The molecule has 0 saturated heterocycles. The Balaban J connectivity index is 2.58. The monoisotopic (exact) mass is 186 g/mol. The summed E-state index contributed by atoms with van der Waals surface area (Å²) in [4.78, 5) is 3.90. The van der Waals surface area contributed by atoms with Crippen molar-refractivity contribution in [3.63, 3.8) is 0 Å². The first-order chi connectivity index (χ1) is 5.72. The molecule has 0 saturated carbocycles. The summed E-state index contributed by atoms with van der Waals surface area (Å²) in [6, 6.07) is 3.06. The van der Waals surface area contributed by atoms with E-state index in [0.29, 0.717) is 11.8 Å². The lowest BCUT2D eigenvalue weighted by Crippen LogP contribution is -2.12. The van der Waals surface area contributed by atoms with Crippen LogP contribution in [-0.2, 0) is 0 Å². The molecular formula is C8H11FN2S. The predicted molar refractivity (Wildman–Crippen MR) is 48.6 cm³/mol. The summed E-state index contributed by atoms with van der Waals surface area (Å²) in [5.41, 5.74) is 5.43. The molecule has 0 spiro atoms. The van der Waals surface area contributed by atoms with Crippen LogP contribution >= 0.6 is 11.8 Å². The number of aromatic nitrogens is 1. The smallest absolute Gasteiger partial charge is 0.141 e. The summed E-state index contributed by atoms with van der Waals surface area (Å²) < 4.78 is 12.4. The highest BCUT2D eigenvalue weighted by atomic mass is 32.2. The number of hydrogen-bond donors (Lipinski definition) is 1. The van der Waals surface area contributed by atoms with Crippen LogP contribution < -0.4 is 5.73 Å². The van der Waals surface area contributed by atoms with Gasteiger partial charge < -0.3 is 5.73 Å². The van der Waals surface area contributed by atoms with Crippen LogP contribution in [-0.4, -0.2) is 16.8 Å². The number of rotatable bonds is 3. The van der Waals surface area contributed by atoms with Crippen LogP contribution in [0.2, 0.25) is 0 Å². The van der Waals surface area contributed by atoms with Crippen molar-refractivity contribution in [1.82, 2.24) is 4.98 Å². The summed E-state index contributed by atoms with van der Waals surface area (Å²) in [6.07, 6.45) is 1.21. The second-order valence-electron chi connectivity index (χ2n) is 2.48. The first-order valence-electron chi connectivity index (χ1n) is 3.70. The standard InChI is InChI=1S/C8H11FN2S/c1-6(4-10)12-8-3-2-7(9)5-11-8/h2-3,5-6H,4,10H2,1H3. The molecule has 0 radical (unpaired) electrons. The van der Waals surface area contributed by atoms with E-state index in [9.17, 15) is 4.39 Å². The molecule has 1 heterocycles. The van der Waals surface area contributed by atoms with Crippen molar-refractivity contribution in [1.29, 1.82) is 0 Å². The minimum atomic E-state index is -0.306. The van der Waals surface area contributed by atoms with Crippen LogP contribution in [0.5, 0.6) is 0 Å². The lowest BCUT2D eigenvalue weighted by molar-refractivity contribution is 0.618. The summed E-state index contributed by atoms with van der Waals surface area (Å²) in [5, 5.41) is 1.14. The van der Waals surface area contributed by atoms with E-state index in [-0.39, 0.29) is 5.82 Å². The van der Waals surface area contributed by atoms with Crippen LogP contribution in [0.4, 0.5) is 4.39 Å². The molecule has 1 rings (SSSR count). The van der Waals surface area contributed by atoms with Gasteiger partial charge in [0.15, 0.2) is 0 Å². The van der Waals surface area contributed by atoms with Gasteiger partial charge in [0.05, 0.1) is 11.2 Å². The molecule has 0 fully saturated rings. The van der Waals surface area contributed by atoms with Crippen molar-refractivity contribution in [2.24, 2.45) is 5.73 Å². The minimum Gasteiger partial charge on any atom is -0.329 e. The summed E-state index contributed by atoms with van der Waals surface area (Å²) in [6.45, 7) is 2.61. The Kier molecular flexibility index (Phi) is 3.49. The third-order valence-corrected chi connectivity index (χ3v) is 2.43. The van der Waals surface area contributed by atoms with Gasteiger partial charge in [-0.3, -0.25) is 0 Å². The van der Waals surface area contributed by atoms with Gasteiger partial charge in [0.1, 0.15) is 5.82 Å². The minimum absolute atomic E-state index is 0.306. The Morgan fingerprint density at radius 3 is 2.92 bits per heavy atom. The maximum absolute atomic E-state index is 12.4. The van der Waals surface area contributed by atoms with Gasteiger partial charge in [-0.05, 0) is 12.1 Å². The fourth-order valence-corrected chi connectivity index (χ4v) is 1.45. The Hall–Kier alpha value is -0.610. The third kappa shape index (κ3) is 2.79. The molecule has 1 unspecified atom stereocenters. The van der Waals surface area contributed by atoms with Crippen LogP contribution in [0, 0.1) is 5.82 Å². The van der Waals surface area contributed by atoms with Crippen molar-refractivity contribution in [3.8, 4) is 0 Å². The van der Waals surface area contributed by atoms with E-state index in [4.69, 9.17) is 5.73 Å². The number of thioether (sulfide) groups is 1. The number of nitrogens with two attached hydrogens (primary N) is 1. The summed E-state index contributed by atoms with van der Waals surface area (Å²) >= 11 is 1.55. The molecular weight excluding hydrogens is 175 g/mol. The van der Waals surface area contributed by atoms with Crippen molar-refractivity contribution in [2.75, 3.05) is 6.54 Å². The van der Waals surface area contributed by atoms with Gasteiger partial charge in [0.2, 0.25) is 0 Å². The molecule has 2 nitrogen and oxygen atoms in total. The molecule has 0 aliphatic rings. The van der Waals surface area contributed by atoms with Gasteiger partial charge in [-0.15, -0.1) is 11.8 Å². The lowest BCUT2D eigenvalue weighted by atomic mass is 10.5. The molecule has 0 aliphatic carbocycles. The first-order valence-corrected chi connectivity index (χ1v) is 4.58. The first kappa shape index (κ1) is 9.48. The Labute approximate surface area is 75.4 Å². The topological polar surface area (TPSA) is 38.9 Å². The van der Waals surface area contributed by atoms with E-state index < -0.39 is 0 Å². The molecule has 12 heavy (non-hydrogen) atoms. The second kappa shape index (κ2) is 4.42. The molecule has 2 N–H and O–H groups in total. The van der Waals surface area contributed by atoms with Crippen LogP contribution in [0.3, 0.4) is 0 Å². The second-order valence-corrected chi connectivity index (χ2v) is 3.94. The van der Waals surface area contributed by atoms with Gasteiger partial charge in [-0.25, -0.2) is 9.37 Å². The SMILES string of the molecule is CC(CN)Sc1ccc(F)cn1. The average Bonchev–Trinajstić information content (AvgIpc) is 2.09. The van der Waals surface area contributed by atoms with Gasteiger partial charge in [-0.2, -0.15) is 0 Å². The van der Waals surface area contributed by atoms with Crippen molar-refractivity contribution in [2.45, 2.75) is 17.2 Å². The van der Waals surface area contributed by atoms with E-state index in [2.05, 4.69) is 4.98 Å². The average molecular weight is 186 g/mol. The molecule has 0 aliphatic heterocycles. The molecule has 0 bridgehead atoms. The zero-order valence-electron chi connectivity index (χ0n) is 6.83. The molecule has 0 amide bonds. The van der Waals surface area contributed by atoms with Gasteiger partial charge in [-0.1, -0.05) is 6.92 Å². The molecule has 1 aromatic heterocycles. The van der Waals surface area contributed by atoms with E-state index >= 15 is 0 Å². The number of nitrogens with zero attached hydrogens (tertiary/aromatic N) is 1. The van der Waals surface area contributed by atoms with Crippen LogP contribution in [0.1, 0.15) is 6.92 Å². The van der Waals surface area contributed by atoms with E-state index in [0.717, 1.165) is 5.03 Å². The zero-order chi connectivity index (χ0) is 8.97. The van der Waals surface area contributed by atoms with Gasteiger partial charge in [0.25, 0.3) is 0 Å². The van der Waals surface area contributed by atoms with Crippen LogP contribution in [0.25, 0.3) is 0 Å². The zero-order valence-corrected chi connectivity index (χ0v) is 7.64. The number of halogens is 1. The van der Waals surface area contributed by atoms with Crippen molar-refractivity contribution >= 4 is 11.8 Å². The fraction of sp³-hybridized carbons (Fsp3) is 0.375. The van der Waals surface area contributed by atoms with Crippen LogP contribution in [0.15, 0.2) is 23.4 Å². The Morgan fingerprint density at radius 2 is 2.42 bits per heavy atom. The fourth-order valence-electron chi connectivity index (χ4n) is 0.686. The van der Waals surface area contributed by atoms with Crippen molar-refractivity contribution in [3.05, 3.63) is 24.1 Å². The summed E-state index contributed by atoms with van der Waals surface area (Å²) in [7, 11) is 0. The Morgan fingerprint density at radius 1 is 1.67 bits per heavy atom. The predicted octanol–water partition coefficient (Wildman–Crippen LogP) is 1.66. The number of pyridine rings is 1. The molecule has 1 atom stereocenters. The van der Waals surface area contributed by atoms with Crippen molar-refractivity contribution < 1.29 is 4.39 Å². The highest BCUT2D eigenvalue weighted by molar-refractivity contribution is 7.99. The largest absolute Gasteiger partial charge is 0.329 e. The van der Waals surface area contributed by atoms with Gasteiger partial charge in [0, 0.05) is 11.8 Å². The lowest BCUT2D eigenvalue weighted by Gasteiger charge is -2.05. The quantitative estimate of drug-likeness (QED) is 0.730. The number of hydrogen-bond acceptors (Lipinski definition) is 3. The third-order valence-electron chi connectivity index (χ3n) is 1.35. The highest BCUT2D eigenvalue weighted by Crippen LogP contribution is 2.19. The normalized spacial score (nSPS) is 12.9. The molecule has 0 aromatic carbocycles. The molecule has 66 valence electrons. The van der Waals surface area contributed by atoms with Gasteiger partial charge >= 0.3 is 0 Å². The summed E-state index contributed by atoms with van der Waals surface area (Å²) in [5.74, 6) is -0.306. The van der Waals surface area contributed by atoms with E-state index in [1.807, 2.05) is 6.92 Å².